The number of carbonyl (C=O) groups is 1. The van der Waals surface area contributed by atoms with Crippen LogP contribution in [-0.2, 0) is 21.8 Å². The van der Waals surface area contributed by atoms with Crippen molar-refractivity contribution in [2.45, 2.75) is 24.1 Å². The molecule has 0 fully saturated rings. The summed E-state index contributed by atoms with van der Waals surface area (Å²) < 4.78 is 69.0. The van der Waals surface area contributed by atoms with Crippen LogP contribution < -0.4 is 10.1 Å². The van der Waals surface area contributed by atoms with Gasteiger partial charge >= 0.3 is 6.18 Å². The van der Waals surface area contributed by atoms with E-state index < -0.39 is 46.1 Å². The highest BCUT2D eigenvalue weighted by molar-refractivity contribution is 7.84. The summed E-state index contributed by atoms with van der Waals surface area (Å²) in [5.41, 5.74) is -0.929. The molecule has 0 heterocycles. The maximum Gasteiger partial charge on any atom is 0.419 e. The summed E-state index contributed by atoms with van der Waals surface area (Å²) in [6.07, 6.45) is -4.58. The average molecular weight is 389 g/mol. The molecule has 0 aliphatic rings. The van der Waals surface area contributed by atoms with E-state index in [4.69, 9.17) is 4.74 Å². The molecule has 9 heteroatoms. The number of rotatable bonds is 5. The third-order valence-corrected chi connectivity index (χ3v) is 4.33. The summed E-state index contributed by atoms with van der Waals surface area (Å²) in [7, 11) is -1.53. The Labute approximate surface area is 149 Å². The third-order valence-electron chi connectivity index (χ3n) is 3.37. The molecule has 0 aliphatic carbocycles. The molecule has 4 nitrogen and oxygen atoms in total. The highest BCUT2D eigenvalue weighted by Crippen LogP contribution is 2.36. The number of hydrogen-bond donors (Lipinski definition) is 1. The van der Waals surface area contributed by atoms with Crippen molar-refractivity contribution in [1.82, 2.24) is 0 Å². The lowest BCUT2D eigenvalue weighted by Gasteiger charge is -2.18. The Hall–Kier alpha value is -2.42. The number of alkyl halides is 3. The van der Waals surface area contributed by atoms with E-state index in [0.717, 1.165) is 18.2 Å². The lowest BCUT2D eigenvalue weighted by atomic mass is 10.2. The van der Waals surface area contributed by atoms with Crippen LogP contribution in [0.3, 0.4) is 0 Å². The minimum Gasteiger partial charge on any atom is -0.480 e. The molecule has 2 unspecified atom stereocenters. The number of amides is 1. The summed E-state index contributed by atoms with van der Waals surface area (Å²) in [4.78, 5) is 12.1. The first-order valence-corrected chi connectivity index (χ1v) is 8.92. The van der Waals surface area contributed by atoms with Crippen molar-refractivity contribution in [2.24, 2.45) is 0 Å². The summed E-state index contributed by atoms with van der Waals surface area (Å²) >= 11 is 0. The molecule has 1 N–H and O–H groups in total. The molecule has 2 aromatic carbocycles. The number of halogens is 4. The van der Waals surface area contributed by atoms with Crippen LogP contribution in [0.25, 0.3) is 0 Å². The maximum absolute atomic E-state index is 13.8. The van der Waals surface area contributed by atoms with Crippen LogP contribution >= 0.6 is 0 Å². The van der Waals surface area contributed by atoms with Crippen LogP contribution in [0.4, 0.5) is 23.2 Å². The second kappa shape index (κ2) is 7.86. The number of nitrogens with one attached hydrogen (secondary N) is 1. The zero-order chi connectivity index (χ0) is 19.5. The molecule has 0 saturated heterocycles. The van der Waals surface area contributed by atoms with Crippen molar-refractivity contribution in [3.05, 3.63) is 53.8 Å². The Kier molecular flexibility index (Phi) is 6.01. The van der Waals surface area contributed by atoms with Gasteiger partial charge in [0.1, 0.15) is 11.6 Å². The monoisotopic (exact) mass is 389 g/mol. The fourth-order valence-electron chi connectivity index (χ4n) is 2.10. The van der Waals surface area contributed by atoms with Crippen LogP contribution in [0.15, 0.2) is 47.4 Å². The molecular weight excluding hydrogens is 374 g/mol. The Morgan fingerprint density at radius 1 is 1.19 bits per heavy atom. The van der Waals surface area contributed by atoms with E-state index in [2.05, 4.69) is 5.32 Å². The summed E-state index contributed by atoms with van der Waals surface area (Å²) in [6, 6.07) is 8.10. The van der Waals surface area contributed by atoms with Gasteiger partial charge in [-0.25, -0.2) is 4.39 Å². The maximum atomic E-state index is 13.8. The topological polar surface area (TPSA) is 55.4 Å². The second-order valence-corrected chi connectivity index (χ2v) is 6.69. The van der Waals surface area contributed by atoms with Crippen molar-refractivity contribution in [3.8, 4) is 5.75 Å². The van der Waals surface area contributed by atoms with Gasteiger partial charge in [-0.15, -0.1) is 0 Å². The highest BCUT2D eigenvalue weighted by atomic mass is 32.2. The van der Waals surface area contributed by atoms with Crippen molar-refractivity contribution in [1.29, 1.82) is 0 Å². The van der Waals surface area contributed by atoms with E-state index in [1.165, 1.54) is 37.4 Å². The van der Waals surface area contributed by atoms with Gasteiger partial charge in [-0.2, -0.15) is 13.2 Å². The lowest BCUT2D eigenvalue weighted by Crippen LogP contribution is -2.30. The fourth-order valence-corrected chi connectivity index (χ4v) is 2.70. The Balaban J connectivity index is 2.12. The zero-order valence-corrected chi connectivity index (χ0v) is 14.6. The van der Waals surface area contributed by atoms with Gasteiger partial charge in [-0.05, 0) is 37.3 Å². The molecule has 26 heavy (non-hydrogen) atoms. The van der Waals surface area contributed by atoms with E-state index in [1.54, 1.807) is 0 Å². The molecule has 0 spiro atoms. The SMILES string of the molecule is CC(Oc1ccccc1C(F)(F)F)C(=O)Nc1ccc(S(C)=O)c(F)c1. The van der Waals surface area contributed by atoms with Gasteiger partial charge in [0.2, 0.25) is 0 Å². The van der Waals surface area contributed by atoms with E-state index in [-0.39, 0.29) is 10.6 Å². The zero-order valence-electron chi connectivity index (χ0n) is 13.8. The van der Waals surface area contributed by atoms with Gasteiger partial charge in [0, 0.05) is 11.9 Å². The second-order valence-electron chi connectivity index (χ2n) is 5.34. The summed E-state index contributed by atoms with van der Waals surface area (Å²) in [5, 5.41) is 2.34. The minimum atomic E-state index is -4.62. The van der Waals surface area contributed by atoms with Crippen molar-refractivity contribution < 1.29 is 31.3 Å². The molecule has 2 aromatic rings. The molecular formula is C17H15F4NO3S. The summed E-state index contributed by atoms with van der Waals surface area (Å²) in [6.45, 7) is 1.27. The van der Waals surface area contributed by atoms with Gasteiger partial charge in [-0.1, -0.05) is 12.1 Å². The highest BCUT2D eigenvalue weighted by Gasteiger charge is 2.34. The molecule has 0 radical (unpaired) electrons. The van der Waals surface area contributed by atoms with Crippen LogP contribution in [0.2, 0.25) is 0 Å². The molecule has 0 saturated carbocycles. The molecule has 140 valence electrons. The Bertz CT molecular complexity index is 839. The quantitative estimate of drug-likeness (QED) is 0.787. The summed E-state index contributed by atoms with van der Waals surface area (Å²) in [5.74, 6) is -2.00. The van der Waals surface area contributed by atoms with Gasteiger partial charge in [0.05, 0.1) is 21.3 Å². The Morgan fingerprint density at radius 2 is 1.85 bits per heavy atom. The van der Waals surface area contributed by atoms with Gasteiger partial charge < -0.3 is 10.1 Å². The number of anilines is 1. The molecule has 0 bridgehead atoms. The molecule has 0 aromatic heterocycles. The fraction of sp³-hybridized carbons (Fsp3) is 0.235. The largest absolute Gasteiger partial charge is 0.480 e. The predicted molar refractivity (Wildman–Crippen MR) is 88.9 cm³/mol. The number of ether oxygens (including phenoxy) is 1. The van der Waals surface area contributed by atoms with E-state index in [1.807, 2.05) is 0 Å². The van der Waals surface area contributed by atoms with Crippen LogP contribution in [0.5, 0.6) is 5.75 Å². The first-order valence-electron chi connectivity index (χ1n) is 7.36. The van der Waals surface area contributed by atoms with E-state index >= 15 is 0 Å². The standard InChI is InChI=1S/C17H15F4NO3S/c1-10(25-14-6-4-3-5-12(14)17(19,20)21)16(23)22-11-7-8-15(26(2)24)13(18)9-11/h3-10H,1-2H3,(H,22,23). The Morgan fingerprint density at radius 3 is 2.42 bits per heavy atom. The smallest absolute Gasteiger partial charge is 0.419 e. The molecule has 1 amide bonds. The van der Waals surface area contributed by atoms with E-state index in [0.29, 0.717) is 0 Å². The first kappa shape index (κ1) is 19.9. The minimum absolute atomic E-state index is 0.0218. The van der Waals surface area contributed by atoms with Crippen molar-refractivity contribution >= 4 is 22.4 Å². The lowest BCUT2D eigenvalue weighted by molar-refractivity contribution is -0.140. The molecule has 0 aliphatic heterocycles. The number of hydrogen-bond acceptors (Lipinski definition) is 3. The van der Waals surface area contributed by atoms with Gasteiger partial charge in [-0.3, -0.25) is 9.00 Å². The van der Waals surface area contributed by atoms with Crippen LogP contribution in [-0.4, -0.2) is 22.5 Å². The third kappa shape index (κ3) is 4.81. The number of carbonyl (C=O) groups excluding carboxylic acids is 1. The van der Waals surface area contributed by atoms with Crippen molar-refractivity contribution in [3.63, 3.8) is 0 Å². The van der Waals surface area contributed by atoms with Gasteiger partial charge in [0.15, 0.2) is 6.10 Å². The molecule has 2 rings (SSSR count). The predicted octanol–water partition coefficient (Wildman–Crippen LogP) is 3.99. The van der Waals surface area contributed by atoms with Crippen LogP contribution in [0, 0.1) is 5.82 Å². The van der Waals surface area contributed by atoms with Crippen LogP contribution in [0.1, 0.15) is 12.5 Å². The number of para-hydroxylation sites is 1. The van der Waals surface area contributed by atoms with Crippen molar-refractivity contribution in [2.75, 3.05) is 11.6 Å². The molecule has 2 atom stereocenters. The average Bonchev–Trinajstić information content (AvgIpc) is 2.54. The van der Waals surface area contributed by atoms with Gasteiger partial charge in [0.25, 0.3) is 5.91 Å². The first-order chi connectivity index (χ1) is 12.1. The van der Waals surface area contributed by atoms with E-state index in [9.17, 15) is 26.6 Å². The normalized spacial score (nSPS) is 13.8. The number of benzene rings is 2.